The van der Waals surface area contributed by atoms with Crippen LogP contribution in [0.5, 0.6) is 0 Å². The van der Waals surface area contributed by atoms with Gasteiger partial charge in [0.25, 0.3) is 34.7 Å². The number of ketones is 6. The van der Waals surface area contributed by atoms with Gasteiger partial charge in [-0.1, -0.05) is 0 Å². The van der Waals surface area contributed by atoms with E-state index < -0.39 is 202 Å². The van der Waals surface area contributed by atoms with E-state index in [9.17, 15) is 228 Å². The molecule has 110 heavy (non-hydrogen) atoms. The smallest absolute Gasteiger partial charge is 0.869 e. The van der Waals surface area contributed by atoms with Crippen LogP contribution in [0, 0.1) is 99.7 Å². The maximum Gasteiger partial charge on any atom is 3.00 e. The summed E-state index contributed by atoms with van der Waals surface area (Å²) in [7, 11) is 0. The standard InChI is InChI=1S/C20H32N6O2.6C5H2F6O2.2Ho.2H2O/c1-11-13(15-23-17(3,4)19(7,8)25(15)27)22-12(2)14(21-11)16-24-18(5,6)20(9,10)26(16)28;6*6-4(7,8)2(12)1-3(13)5(9,10)11;;;;/h23-24H,1-10H3;6*1,12H;;;2*1H2/q;;;;;;;2*+3;;/p-4/b;6*2-1-;;;;. The van der Waals surface area contributed by atoms with Gasteiger partial charge in [-0.15, -0.1) is 0 Å². The van der Waals surface area contributed by atoms with Crippen LogP contribution in [-0.4, -0.2) is 162 Å². The molecule has 8 N–H and O–H groups in total. The molecule has 1 aromatic heterocycles. The molecular formula is C50H44F36Ho2N6O16+2. The van der Waals surface area contributed by atoms with Gasteiger partial charge in [0.05, 0.1) is 11.4 Å². The van der Waals surface area contributed by atoms with Gasteiger partial charge in [0, 0.05) is 0 Å². The average Bonchev–Trinajstić information content (AvgIpc) is 1.58. The number of hydrogen-bond donors (Lipinski definition) is 2. The number of aryl methyl sites for hydroxylation is 2. The maximum atomic E-state index is 12.9. The van der Waals surface area contributed by atoms with Crippen LogP contribution < -0.4 is 41.3 Å². The number of carbonyl (C=O) groups excluding carboxylic acids is 6. The minimum Gasteiger partial charge on any atom is -0.869 e. The minimum absolute atomic E-state index is 0. The van der Waals surface area contributed by atoms with Gasteiger partial charge in [0.15, 0.2) is 11.4 Å². The van der Waals surface area contributed by atoms with Gasteiger partial charge in [-0.3, -0.25) is 48.9 Å². The quantitative estimate of drug-likeness (QED) is 0.0605. The van der Waals surface area contributed by atoms with Crippen molar-refractivity contribution in [1.29, 1.82) is 0 Å². The number of nitrogens with one attached hydrogen (secondary N) is 2. The second-order valence-electron chi connectivity index (χ2n) is 21.2. The van der Waals surface area contributed by atoms with Crippen LogP contribution in [0.25, 0.3) is 0 Å². The number of hydrogen-bond acceptors (Lipinski definition) is 18. The summed E-state index contributed by atoms with van der Waals surface area (Å²) in [4.78, 5) is 68.3. The minimum atomic E-state index is -5.46. The number of alkyl halides is 36. The van der Waals surface area contributed by atoms with Crippen LogP contribution in [0.4, 0.5) is 158 Å². The van der Waals surface area contributed by atoms with Crippen molar-refractivity contribution in [2.75, 3.05) is 0 Å². The van der Waals surface area contributed by atoms with Crippen LogP contribution in [0.2, 0.25) is 0 Å². The Hall–Kier alpha value is -7.20. The van der Waals surface area contributed by atoms with Crippen molar-refractivity contribution in [2.45, 2.75) is 166 Å². The summed E-state index contributed by atoms with van der Waals surface area (Å²) < 4.78 is 409. The van der Waals surface area contributed by atoms with Crippen molar-refractivity contribution >= 4 is 46.4 Å². The fourth-order valence-electron chi connectivity index (χ4n) is 5.13. The fraction of sp³-hybridized carbons (Fsp3) is 0.520. The van der Waals surface area contributed by atoms with Gasteiger partial charge in [-0.05, 0) is 140 Å². The second-order valence-corrected chi connectivity index (χ2v) is 21.2. The van der Waals surface area contributed by atoms with Gasteiger partial charge >= 0.3 is 161 Å². The van der Waals surface area contributed by atoms with Crippen LogP contribution in [-0.2, 0) is 39.7 Å². The van der Waals surface area contributed by atoms with E-state index in [4.69, 9.17) is 0 Å². The Morgan fingerprint density at radius 1 is 0.291 bits per heavy atom. The number of allylic oxidation sites excluding steroid dienone is 12. The molecule has 0 aliphatic carbocycles. The molecule has 0 aromatic carbocycles. The molecule has 0 saturated heterocycles. The number of hydroxylamine groups is 2. The summed E-state index contributed by atoms with van der Waals surface area (Å²) in [6, 6.07) is 0. The Bertz CT molecular complexity index is 3130. The van der Waals surface area contributed by atoms with E-state index in [2.05, 4.69) is 20.6 Å². The molecule has 0 atom stereocenters. The number of aromatic nitrogens is 2. The zero-order valence-corrected chi connectivity index (χ0v) is 58.2. The Morgan fingerprint density at radius 3 is 0.491 bits per heavy atom. The molecular weight excluding hydrogens is 1950 g/mol. The predicted octanol–water partition coefficient (Wildman–Crippen LogP) is 5.63. The van der Waals surface area contributed by atoms with E-state index in [1.54, 1.807) is 0 Å². The molecule has 0 fully saturated rings. The van der Waals surface area contributed by atoms with Crippen molar-refractivity contribution in [3.05, 3.63) is 104 Å². The summed E-state index contributed by atoms with van der Waals surface area (Å²) in [6.07, 6.45) is -71.7. The number of amidine groups is 2. The normalized spacial score (nSPS) is 16.5. The van der Waals surface area contributed by atoms with E-state index in [-0.39, 0.29) is 86.4 Å². The van der Waals surface area contributed by atoms with E-state index in [0.29, 0.717) is 34.4 Å². The van der Waals surface area contributed by atoms with Crippen molar-refractivity contribution in [2.24, 2.45) is 0 Å². The van der Waals surface area contributed by atoms with E-state index >= 15 is 0 Å². The molecule has 642 valence electrons. The van der Waals surface area contributed by atoms with Crippen LogP contribution in [0.3, 0.4) is 0 Å². The van der Waals surface area contributed by atoms with Crippen molar-refractivity contribution < 1.29 is 313 Å². The molecule has 0 radical (unpaired) electrons. The molecule has 2 aliphatic rings. The molecule has 0 spiro atoms. The number of halogens is 36. The Kier molecular flexibility index (Phi) is 44.2. The van der Waals surface area contributed by atoms with Crippen molar-refractivity contribution in [3.63, 3.8) is 0 Å². The number of rotatable bonds is 8. The summed E-state index contributed by atoms with van der Waals surface area (Å²) >= 11 is 0. The molecule has 3 heterocycles. The van der Waals surface area contributed by atoms with Crippen LogP contribution in [0.1, 0.15) is 78.2 Å². The Morgan fingerprint density at radius 2 is 0.409 bits per heavy atom. The maximum absolute atomic E-state index is 12.9. The Labute approximate surface area is 646 Å². The first-order valence-corrected chi connectivity index (χ1v) is 25.4. The zero-order chi connectivity index (χ0) is 86.6. The van der Waals surface area contributed by atoms with E-state index in [1.807, 2.05) is 69.2 Å². The molecule has 0 unspecified atom stereocenters. The van der Waals surface area contributed by atoms with Gasteiger partial charge in [-0.2, -0.15) is 158 Å². The first-order valence-electron chi connectivity index (χ1n) is 25.4. The summed E-state index contributed by atoms with van der Waals surface area (Å²) in [5.74, 6) is -33.1. The zero-order valence-electron chi connectivity index (χ0n) is 54.3. The van der Waals surface area contributed by atoms with Crippen LogP contribution in [0.15, 0.2) is 71.0 Å². The molecule has 0 bridgehead atoms. The molecule has 0 amide bonds. The van der Waals surface area contributed by atoms with Gasteiger partial charge in [0.2, 0.25) is 0 Å². The predicted molar refractivity (Wildman–Crippen MR) is 271 cm³/mol. The van der Waals surface area contributed by atoms with E-state index in [0.717, 1.165) is 9.48 Å². The first-order chi connectivity index (χ1) is 45.8. The molecule has 2 aliphatic heterocycles. The third-order valence-electron chi connectivity index (χ3n) is 12.0. The summed E-state index contributed by atoms with van der Waals surface area (Å²) in [5.41, 5.74) is 0.118. The molecule has 0 saturated carbocycles. The molecule has 60 heteroatoms. The molecule has 1 aromatic rings. The van der Waals surface area contributed by atoms with Gasteiger partial charge in [-0.25, -0.2) is 9.97 Å². The largest absolute Gasteiger partial charge is 3.00 e. The summed E-state index contributed by atoms with van der Waals surface area (Å²) in [6.45, 7) is 19.2. The van der Waals surface area contributed by atoms with Crippen molar-refractivity contribution in [1.82, 2.24) is 20.6 Å². The van der Waals surface area contributed by atoms with Crippen LogP contribution >= 0.6 is 0 Å². The third-order valence-corrected chi connectivity index (χ3v) is 12.0. The van der Waals surface area contributed by atoms with Gasteiger partial charge in [0.1, 0.15) is 22.2 Å². The number of carbonyl (C=O) groups is 6. The van der Waals surface area contributed by atoms with E-state index in [1.165, 1.54) is 0 Å². The molecule has 22 nitrogen and oxygen atoms in total. The monoisotopic (exact) mass is 2000 g/mol. The third kappa shape index (κ3) is 38.8. The summed E-state index contributed by atoms with van der Waals surface area (Å²) in [5, 5.41) is 91.4. The molecule has 3 rings (SSSR count). The fourth-order valence-corrected chi connectivity index (χ4v) is 5.13. The van der Waals surface area contributed by atoms with Gasteiger partial charge < -0.3 is 52.0 Å². The topological polar surface area (TPSA) is 409 Å². The first kappa shape index (κ1) is 119. The average molecular weight is 2000 g/mol. The second kappa shape index (κ2) is 41.0. The Balaban J connectivity index is -0.000000188. The number of nitrogens with zero attached hydrogens (tertiary/aromatic N) is 4. The SMILES string of the molecule is Cc1nc(C2=[N+]([O-])C(C)(C)C(C)(C)N2)c(C)nc1C1=[N+]([O-])C(C)(C)C(C)(C)N1.O=C(/C=C(\[O-])C(F)(F)F)C(F)(F)F.O=C(/C=C(\[O-])C(F)(F)F)C(F)(F)F.O=C(/C=C(\[O-])C(F)(F)F)C(F)(F)F.O=C(/C=C(\[O-])C(F)(F)F)C(F)(F)F.O=C(/C=C(\[O-])C(F)(F)F)C(F)(F)F.O=C(/C=C(\[O-])C(F)(F)F)C(F)(F)F.[Ho+3].[Ho+3].[OH3+].[OH3+]. The van der Waals surface area contributed by atoms with Crippen molar-refractivity contribution in [3.8, 4) is 0 Å².